The Bertz CT molecular complexity index is 391. The molecule has 4 unspecified atom stereocenters. The summed E-state index contributed by atoms with van der Waals surface area (Å²) in [6.45, 7) is 7.57. The van der Waals surface area contributed by atoms with Crippen molar-refractivity contribution in [1.29, 1.82) is 0 Å². The summed E-state index contributed by atoms with van der Waals surface area (Å²) in [5.41, 5.74) is 0. The smallest absolute Gasteiger partial charge is 0.320 e. The van der Waals surface area contributed by atoms with Crippen LogP contribution in [0.4, 0.5) is 4.79 Å². The lowest BCUT2D eigenvalue weighted by molar-refractivity contribution is -0.143. The summed E-state index contributed by atoms with van der Waals surface area (Å²) in [5.74, 6) is -0.0559. The second-order valence-corrected chi connectivity index (χ2v) is 7.38. The minimum absolute atomic E-state index is 0.00874. The predicted molar refractivity (Wildman–Crippen MR) is 80.0 cm³/mol. The first-order chi connectivity index (χ1) is 9.41. The molecule has 20 heavy (non-hydrogen) atoms. The number of urea groups is 1. The largest absolute Gasteiger partial charge is 0.481 e. The third-order valence-corrected chi connectivity index (χ3v) is 5.94. The maximum atomic E-state index is 12.7. The fourth-order valence-electron chi connectivity index (χ4n) is 3.05. The van der Waals surface area contributed by atoms with Crippen molar-refractivity contribution < 1.29 is 14.7 Å². The van der Waals surface area contributed by atoms with Gasteiger partial charge in [-0.05, 0) is 26.7 Å². The molecule has 5 nitrogen and oxygen atoms in total. The Labute approximate surface area is 124 Å². The van der Waals surface area contributed by atoms with Crippen LogP contribution in [0.25, 0.3) is 0 Å². The van der Waals surface area contributed by atoms with Crippen LogP contribution in [0.3, 0.4) is 0 Å². The van der Waals surface area contributed by atoms with Gasteiger partial charge in [-0.25, -0.2) is 4.79 Å². The molecule has 2 aliphatic rings. The first-order valence-electron chi connectivity index (χ1n) is 7.33. The van der Waals surface area contributed by atoms with E-state index in [4.69, 9.17) is 5.11 Å². The molecule has 114 valence electrons. The quantitative estimate of drug-likeness (QED) is 0.806. The van der Waals surface area contributed by atoms with E-state index in [1.165, 1.54) is 0 Å². The number of hydrogen-bond donors (Lipinski definition) is 1. The van der Waals surface area contributed by atoms with Gasteiger partial charge >= 0.3 is 12.0 Å². The van der Waals surface area contributed by atoms with E-state index in [0.717, 1.165) is 12.3 Å². The Balaban J connectivity index is 2.01. The number of amides is 2. The van der Waals surface area contributed by atoms with Crippen LogP contribution in [0, 0.1) is 5.92 Å². The summed E-state index contributed by atoms with van der Waals surface area (Å²) >= 11 is 1.91. The number of carboxylic acids is 1. The van der Waals surface area contributed by atoms with Gasteiger partial charge < -0.3 is 14.9 Å². The van der Waals surface area contributed by atoms with E-state index in [-0.39, 0.29) is 24.0 Å². The van der Waals surface area contributed by atoms with Gasteiger partial charge in [0.2, 0.25) is 0 Å². The van der Waals surface area contributed by atoms with Gasteiger partial charge in [-0.2, -0.15) is 11.8 Å². The maximum absolute atomic E-state index is 12.7. The third kappa shape index (κ3) is 3.05. The van der Waals surface area contributed by atoms with Gasteiger partial charge in [0.15, 0.2) is 0 Å². The Morgan fingerprint density at radius 3 is 2.45 bits per heavy atom. The lowest BCUT2D eigenvalue weighted by Crippen LogP contribution is -2.57. The monoisotopic (exact) mass is 300 g/mol. The lowest BCUT2D eigenvalue weighted by Gasteiger charge is -2.44. The summed E-state index contributed by atoms with van der Waals surface area (Å²) < 4.78 is 0. The average Bonchev–Trinajstić information content (AvgIpc) is 2.41. The maximum Gasteiger partial charge on any atom is 0.320 e. The van der Waals surface area contributed by atoms with Gasteiger partial charge in [-0.3, -0.25) is 4.79 Å². The topological polar surface area (TPSA) is 60.9 Å². The fourth-order valence-corrected chi connectivity index (χ4v) is 4.15. The van der Waals surface area contributed by atoms with Gasteiger partial charge in [-0.15, -0.1) is 0 Å². The van der Waals surface area contributed by atoms with Crippen molar-refractivity contribution in [2.24, 2.45) is 5.92 Å². The molecule has 1 N–H and O–H groups in total. The predicted octanol–water partition coefficient (Wildman–Crippen LogP) is 2.12. The molecule has 2 amide bonds. The van der Waals surface area contributed by atoms with Crippen molar-refractivity contribution in [1.82, 2.24) is 9.80 Å². The molecule has 0 radical (unpaired) electrons. The molecule has 2 aliphatic heterocycles. The number of aliphatic carboxylic acids is 1. The molecule has 0 aliphatic carbocycles. The first kappa shape index (κ1) is 15.5. The Morgan fingerprint density at radius 1 is 1.15 bits per heavy atom. The zero-order valence-corrected chi connectivity index (χ0v) is 13.2. The van der Waals surface area contributed by atoms with E-state index >= 15 is 0 Å². The van der Waals surface area contributed by atoms with Crippen LogP contribution in [0.15, 0.2) is 0 Å². The summed E-state index contributed by atoms with van der Waals surface area (Å²) in [4.78, 5) is 27.6. The van der Waals surface area contributed by atoms with E-state index in [1.54, 1.807) is 0 Å². The second-order valence-electron chi connectivity index (χ2n) is 5.89. The molecule has 0 spiro atoms. The number of nitrogens with zero attached hydrogens (tertiary/aromatic N) is 2. The van der Waals surface area contributed by atoms with Crippen LogP contribution in [0.2, 0.25) is 0 Å². The molecule has 0 saturated carbocycles. The Kier molecular flexibility index (Phi) is 4.83. The summed E-state index contributed by atoms with van der Waals surface area (Å²) in [5, 5.41) is 9.55. The molecule has 0 bridgehead atoms. The van der Waals surface area contributed by atoms with Crippen molar-refractivity contribution in [3.05, 3.63) is 0 Å². The molecule has 2 fully saturated rings. The molecule has 0 aromatic carbocycles. The Morgan fingerprint density at radius 2 is 1.85 bits per heavy atom. The normalized spacial score (nSPS) is 35.0. The highest BCUT2D eigenvalue weighted by molar-refractivity contribution is 8.00. The summed E-state index contributed by atoms with van der Waals surface area (Å²) in [6.07, 6.45) is 1.13. The zero-order valence-electron chi connectivity index (χ0n) is 12.4. The van der Waals surface area contributed by atoms with Gasteiger partial charge in [0.1, 0.15) is 0 Å². The highest BCUT2D eigenvalue weighted by atomic mass is 32.2. The number of thioether (sulfide) groups is 1. The van der Waals surface area contributed by atoms with E-state index in [2.05, 4.69) is 13.8 Å². The van der Waals surface area contributed by atoms with Crippen LogP contribution >= 0.6 is 11.8 Å². The number of hydrogen-bond acceptors (Lipinski definition) is 3. The zero-order chi connectivity index (χ0) is 14.9. The minimum atomic E-state index is -0.736. The number of piperidine rings is 1. The van der Waals surface area contributed by atoms with Crippen molar-refractivity contribution in [3.63, 3.8) is 0 Å². The van der Waals surface area contributed by atoms with Crippen molar-refractivity contribution in [2.75, 3.05) is 18.8 Å². The summed E-state index contributed by atoms with van der Waals surface area (Å²) in [6, 6.07) is 0.334. The molecule has 6 heteroatoms. The highest BCUT2D eigenvalue weighted by Crippen LogP contribution is 2.28. The molecular weight excluding hydrogens is 276 g/mol. The molecule has 2 saturated heterocycles. The van der Waals surface area contributed by atoms with Crippen LogP contribution in [0.1, 0.15) is 33.6 Å². The molecule has 0 aromatic heterocycles. The fraction of sp³-hybridized carbons (Fsp3) is 0.857. The van der Waals surface area contributed by atoms with E-state index in [9.17, 15) is 9.59 Å². The average molecular weight is 300 g/mol. The minimum Gasteiger partial charge on any atom is -0.481 e. The van der Waals surface area contributed by atoms with Gasteiger partial charge in [-0.1, -0.05) is 6.92 Å². The van der Waals surface area contributed by atoms with E-state index < -0.39 is 5.97 Å². The molecule has 4 atom stereocenters. The SMILES string of the molecule is CC1SCCN(C(=O)N2CCC(C(=O)O)CC2C)C1C. The first-order valence-corrected chi connectivity index (χ1v) is 8.38. The number of carbonyl (C=O) groups is 2. The standard InChI is InChI=1S/C14H24N2O3S/c1-9-8-12(13(17)18)4-5-15(9)14(19)16-6-7-20-11(3)10(16)2/h9-12H,4-8H2,1-3H3,(H,17,18). The number of carboxylic acid groups (broad SMARTS) is 1. The van der Waals surface area contributed by atoms with E-state index in [0.29, 0.717) is 24.6 Å². The van der Waals surface area contributed by atoms with Crippen LogP contribution in [-0.4, -0.2) is 63.1 Å². The van der Waals surface area contributed by atoms with Gasteiger partial charge in [0.05, 0.1) is 5.92 Å². The van der Waals surface area contributed by atoms with Crippen LogP contribution < -0.4 is 0 Å². The van der Waals surface area contributed by atoms with Crippen LogP contribution in [0.5, 0.6) is 0 Å². The third-order valence-electron chi connectivity index (χ3n) is 4.60. The summed E-state index contributed by atoms with van der Waals surface area (Å²) in [7, 11) is 0. The Hall–Kier alpha value is -0.910. The van der Waals surface area contributed by atoms with Crippen LogP contribution in [-0.2, 0) is 4.79 Å². The number of rotatable bonds is 1. The van der Waals surface area contributed by atoms with Crippen molar-refractivity contribution in [3.8, 4) is 0 Å². The molecule has 2 rings (SSSR count). The van der Waals surface area contributed by atoms with Crippen molar-refractivity contribution in [2.45, 2.75) is 50.9 Å². The molecule has 2 heterocycles. The lowest BCUT2D eigenvalue weighted by atomic mass is 9.92. The number of likely N-dealkylation sites (tertiary alicyclic amines) is 1. The number of carbonyl (C=O) groups excluding carboxylic acids is 1. The van der Waals surface area contributed by atoms with E-state index in [1.807, 2.05) is 28.5 Å². The molecule has 0 aromatic rings. The second kappa shape index (κ2) is 6.24. The van der Waals surface area contributed by atoms with Crippen molar-refractivity contribution >= 4 is 23.8 Å². The molecular formula is C14H24N2O3S. The highest BCUT2D eigenvalue weighted by Gasteiger charge is 2.37. The van der Waals surface area contributed by atoms with Gasteiger partial charge in [0.25, 0.3) is 0 Å². The van der Waals surface area contributed by atoms with Gasteiger partial charge in [0, 0.05) is 36.2 Å².